The smallest absolute Gasteiger partial charge is 0.309 e. The van der Waals surface area contributed by atoms with Gasteiger partial charge in [0, 0.05) is 49.4 Å². The van der Waals surface area contributed by atoms with Crippen LogP contribution in [0.4, 0.5) is 0 Å². The van der Waals surface area contributed by atoms with Crippen LogP contribution in [0.5, 0.6) is 0 Å². The second-order valence-electron chi connectivity index (χ2n) is 7.17. The van der Waals surface area contributed by atoms with E-state index < -0.39 is 11.9 Å². The molecule has 1 amide bonds. The lowest BCUT2D eigenvalue weighted by Crippen LogP contribution is -2.31. The second kappa shape index (κ2) is 7.49. The molecule has 25 heavy (non-hydrogen) atoms. The molecule has 1 aromatic heterocycles. The van der Waals surface area contributed by atoms with Crippen LogP contribution >= 0.6 is 0 Å². The van der Waals surface area contributed by atoms with E-state index in [2.05, 4.69) is 29.7 Å². The topological polar surface area (TPSA) is 94.6 Å². The monoisotopic (exact) mass is 346 g/mol. The quantitative estimate of drug-likeness (QED) is 0.736. The first-order valence-electron chi connectivity index (χ1n) is 8.90. The van der Waals surface area contributed by atoms with Gasteiger partial charge in [-0.15, -0.1) is 0 Å². The molecular formula is C18H26N4O3. The summed E-state index contributed by atoms with van der Waals surface area (Å²) in [5.74, 6) is -1.26. The molecule has 3 N–H and O–H groups in total. The van der Waals surface area contributed by atoms with Gasteiger partial charge in [-0.3, -0.25) is 25.4 Å². The molecule has 2 aliphatic rings. The minimum atomic E-state index is -0.864. The number of carbonyl (C=O) groups is 2. The number of amides is 1. The largest absolute Gasteiger partial charge is 0.481 e. The van der Waals surface area contributed by atoms with E-state index in [1.54, 1.807) is 11.1 Å². The van der Waals surface area contributed by atoms with Crippen LogP contribution in [0.15, 0.2) is 24.4 Å². The van der Waals surface area contributed by atoms with Gasteiger partial charge < -0.3 is 10.0 Å². The lowest BCUT2D eigenvalue weighted by atomic mass is 9.91. The highest BCUT2D eigenvalue weighted by atomic mass is 16.4. The number of hydrogen-bond donors (Lipinski definition) is 3. The summed E-state index contributed by atoms with van der Waals surface area (Å²) in [7, 11) is 0. The molecule has 0 saturated carbocycles. The first-order valence-corrected chi connectivity index (χ1v) is 8.90. The summed E-state index contributed by atoms with van der Waals surface area (Å²) in [6.45, 7) is 4.92. The summed E-state index contributed by atoms with van der Waals surface area (Å²) < 4.78 is 0. The maximum absolute atomic E-state index is 12.6. The van der Waals surface area contributed by atoms with Crippen molar-refractivity contribution in [2.75, 3.05) is 13.1 Å². The second-order valence-corrected chi connectivity index (χ2v) is 7.17. The van der Waals surface area contributed by atoms with Gasteiger partial charge >= 0.3 is 5.97 Å². The summed E-state index contributed by atoms with van der Waals surface area (Å²) in [6.07, 6.45) is 2.91. The van der Waals surface area contributed by atoms with Gasteiger partial charge in [0.25, 0.3) is 0 Å². The maximum atomic E-state index is 12.6. The number of pyridine rings is 1. The number of nitrogens with zero attached hydrogens (tertiary/aromatic N) is 2. The molecular weight excluding hydrogens is 320 g/mol. The summed E-state index contributed by atoms with van der Waals surface area (Å²) in [5.41, 5.74) is 7.15. The van der Waals surface area contributed by atoms with Crippen LogP contribution in [0.25, 0.3) is 0 Å². The number of carboxylic acid groups (broad SMARTS) is 1. The lowest BCUT2D eigenvalue weighted by Gasteiger charge is -2.20. The summed E-state index contributed by atoms with van der Waals surface area (Å²) >= 11 is 0. The van der Waals surface area contributed by atoms with E-state index in [-0.39, 0.29) is 18.4 Å². The first kappa shape index (κ1) is 17.8. The molecule has 2 aliphatic heterocycles. The maximum Gasteiger partial charge on any atom is 0.309 e. The minimum absolute atomic E-state index is 0.0379. The number of likely N-dealkylation sites (tertiary alicyclic amines) is 1. The molecule has 0 bridgehead atoms. The van der Waals surface area contributed by atoms with Crippen molar-refractivity contribution < 1.29 is 14.7 Å². The van der Waals surface area contributed by atoms with E-state index in [0.717, 1.165) is 12.1 Å². The predicted molar refractivity (Wildman–Crippen MR) is 92.6 cm³/mol. The van der Waals surface area contributed by atoms with Gasteiger partial charge in [-0.05, 0) is 38.3 Å². The fraction of sp³-hybridized carbons (Fsp3) is 0.611. The normalized spacial score (nSPS) is 32.1. The van der Waals surface area contributed by atoms with Crippen LogP contribution in [0, 0.1) is 11.8 Å². The summed E-state index contributed by atoms with van der Waals surface area (Å²) in [5, 5.41) is 9.53. The Bertz CT molecular complexity index is 614. The standard InChI is InChI=1S/C18H26N4O3/c1-11-13(12(2)21-20-11)6-7-17(23)22-9-14(15(10-22)18(24)25)16-5-3-4-8-19-16/h3-5,8,11-15,20-21H,6-7,9-10H2,1-2H3,(H,24,25)/t11?,12?,13?,14-,15-/m0/s1. The zero-order chi connectivity index (χ0) is 18.0. The molecule has 2 fully saturated rings. The van der Waals surface area contributed by atoms with Crippen molar-refractivity contribution in [3.8, 4) is 0 Å². The number of hydrogen-bond acceptors (Lipinski definition) is 5. The molecule has 7 heteroatoms. The number of nitrogens with one attached hydrogen (secondary N) is 2. The fourth-order valence-corrected chi connectivity index (χ4v) is 4.01. The van der Waals surface area contributed by atoms with Crippen LogP contribution in [-0.2, 0) is 9.59 Å². The molecule has 0 aliphatic carbocycles. The molecule has 1 aromatic rings. The van der Waals surface area contributed by atoms with Crippen molar-refractivity contribution in [2.45, 2.75) is 44.7 Å². The van der Waals surface area contributed by atoms with E-state index in [4.69, 9.17) is 0 Å². The molecule has 0 radical (unpaired) electrons. The molecule has 7 nitrogen and oxygen atoms in total. The summed E-state index contributed by atoms with van der Waals surface area (Å²) in [6, 6.07) is 6.16. The minimum Gasteiger partial charge on any atom is -0.481 e. The van der Waals surface area contributed by atoms with E-state index in [1.165, 1.54) is 0 Å². The molecule has 2 unspecified atom stereocenters. The number of carbonyl (C=O) groups excluding carboxylic acids is 1. The third-order valence-electron chi connectivity index (χ3n) is 5.57. The van der Waals surface area contributed by atoms with Gasteiger partial charge in [0.15, 0.2) is 0 Å². The van der Waals surface area contributed by atoms with Crippen LogP contribution in [-0.4, -0.2) is 52.0 Å². The van der Waals surface area contributed by atoms with Crippen molar-refractivity contribution in [3.63, 3.8) is 0 Å². The molecule has 0 aromatic carbocycles. The zero-order valence-electron chi connectivity index (χ0n) is 14.7. The van der Waals surface area contributed by atoms with Gasteiger partial charge in [-0.25, -0.2) is 0 Å². The average Bonchev–Trinajstić information content (AvgIpc) is 3.18. The van der Waals surface area contributed by atoms with Gasteiger partial charge in [0.2, 0.25) is 5.91 Å². The Balaban J connectivity index is 1.63. The lowest BCUT2D eigenvalue weighted by molar-refractivity contribution is -0.141. The van der Waals surface area contributed by atoms with Crippen LogP contribution in [0.3, 0.4) is 0 Å². The highest BCUT2D eigenvalue weighted by molar-refractivity contribution is 5.79. The Kier molecular flexibility index (Phi) is 5.34. The van der Waals surface area contributed by atoms with Crippen LogP contribution < -0.4 is 10.9 Å². The van der Waals surface area contributed by atoms with E-state index in [1.807, 2.05) is 18.2 Å². The molecule has 4 atom stereocenters. The highest BCUT2D eigenvalue weighted by Gasteiger charge is 2.41. The van der Waals surface area contributed by atoms with Gasteiger partial charge in [0.05, 0.1) is 5.92 Å². The number of hydrazine groups is 1. The van der Waals surface area contributed by atoms with Gasteiger partial charge in [-0.1, -0.05) is 6.07 Å². The molecule has 3 heterocycles. The molecule has 0 spiro atoms. The van der Waals surface area contributed by atoms with Crippen molar-refractivity contribution in [1.29, 1.82) is 0 Å². The fourth-order valence-electron chi connectivity index (χ4n) is 4.01. The van der Waals surface area contributed by atoms with E-state index in [9.17, 15) is 14.7 Å². The van der Waals surface area contributed by atoms with E-state index in [0.29, 0.717) is 31.0 Å². The Morgan fingerprint density at radius 3 is 2.56 bits per heavy atom. The van der Waals surface area contributed by atoms with Crippen LogP contribution in [0.1, 0.15) is 38.3 Å². The molecule has 3 rings (SSSR count). The third-order valence-corrected chi connectivity index (χ3v) is 5.57. The highest BCUT2D eigenvalue weighted by Crippen LogP contribution is 2.32. The van der Waals surface area contributed by atoms with Gasteiger partial charge in [-0.2, -0.15) is 0 Å². The molecule has 2 saturated heterocycles. The SMILES string of the molecule is CC1NNC(C)C1CCC(=O)N1C[C@H](C(=O)O)[C@@H](c2ccccn2)C1. The zero-order valence-corrected chi connectivity index (χ0v) is 14.7. The number of aromatic nitrogens is 1. The first-order chi connectivity index (χ1) is 12.0. The molecule has 136 valence electrons. The number of aliphatic carboxylic acids is 1. The van der Waals surface area contributed by atoms with E-state index >= 15 is 0 Å². The van der Waals surface area contributed by atoms with Crippen molar-refractivity contribution in [3.05, 3.63) is 30.1 Å². The predicted octanol–water partition coefficient (Wildman–Crippen LogP) is 0.989. The van der Waals surface area contributed by atoms with Crippen LogP contribution in [0.2, 0.25) is 0 Å². The third kappa shape index (κ3) is 3.82. The Morgan fingerprint density at radius 1 is 1.24 bits per heavy atom. The Hall–Kier alpha value is -1.99. The number of rotatable bonds is 5. The van der Waals surface area contributed by atoms with Crippen molar-refractivity contribution >= 4 is 11.9 Å². The Labute approximate surface area is 147 Å². The number of carboxylic acids is 1. The van der Waals surface area contributed by atoms with Gasteiger partial charge in [0.1, 0.15) is 0 Å². The Morgan fingerprint density at radius 2 is 1.96 bits per heavy atom. The van der Waals surface area contributed by atoms with Crippen molar-refractivity contribution in [2.24, 2.45) is 11.8 Å². The average molecular weight is 346 g/mol. The van der Waals surface area contributed by atoms with Crippen molar-refractivity contribution in [1.82, 2.24) is 20.7 Å². The summed E-state index contributed by atoms with van der Waals surface area (Å²) in [4.78, 5) is 30.3.